The number of carbonyl (C=O) groups excluding carboxylic acids is 2. The van der Waals surface area contributed by atoms with Crippen LogP contribution in [0.5, 0.6) is 5.75 Å². The molecule has 0 aliphatic carbocycles. The van der Waals surface area contributed by atoms with E-state index in [1.807, 2.05) is 35.2 Å². The van der Waals surface area contributed by atoms with Gasteiger partial charge >= 0.3 is 0 Å². The van der Waals surface area contributed by atoms with Gasteiger partial charge in [-0.2, -0.15) is 0 Å². The Morgan fingerprint density at radius 1 is 1.03 bits per heavy atom. The molecule has 2 aromatic carbocycles. The lowest BCUT2D eigenvalue weighted by Gasteiger charge is -2.20. The van der Waals surface area contributed by atoms with E-state index in [0.717, 1.165) is 37.2 Å². The van der Waals surface area contributed by atoms with Crippen molar-refractivity contribution in [1.82, 2.24) is 10.2 Å². The first-order chi connectivity index (χ1) is 15.0. The second-order valence-corrected chi connectivity index (χ2v) is 7.75. The van der Waals surface area contributed by atoms with Crippen LogP contribution in [0.1, 0.15) is 41.6 Å². The molecule has 2 aromatic rings. The number of carbonyl (C=O) groups is 2. The van der Waals surface area contributed by atoms with Gasteiger partial charge in [0.1, 0.15) is 5.75 Å². The molecule has 2 N–H and O–H groups in total. The third-order valence-corrected chi connectivity index (χ3v) is 5.24. The lowest BCUT2D eigenvalue weighted by molar-refractivity contribution is -0.115. The summed E-state index contributed by atoms with van der Waals surface area (Å²) in [6.07, 6.45) is 7.54. The first-order valence-corrected chi connectivity index (χ1v) is 10.8. The van der Waals surface area contributed by atoms with Gasteiger partial charge in [-0.15, -0.1) is 0 Å². The minimum atomic E-state index is -0.342. The first-order valence-electron chi connectivity index (χ1n) is 10.4. The SMILES string of the molecule is COc1ccc(/C=C/C(=O)NC(=S)Nc2cccc(C(=O)N3CCCCCC3)c2)cc1. The average Bonchev–Trinajstić information content (AvgIpc) is 3.07. The summed E-state index contributed by atoms with van der Waals surface area (Å²) in [4.78, 5) is 26.9. The highest BCUT2D eigenvalue weighted by Gasteiger charge is 2.17. The molecule has 2 amide bonds. The summed E-state index contributed by atoms with van der Waals surface area (Å²) >= 11 is 5.24. The number of nitrogens with one attached hydrogen (secondary N) is 2. The summed E-state index contributed by atoms with van der Waals surface area (Å²) in [5.41, 5.74) is 2.14. The zero-order valence-electron chi connectivity index (χ0n) is 17.6. The van der Waals surface area contributed by atoms with Crippen LogP contribution in [-0.4, -0.2) is 42.0 Å². The number of benzene rings is 2. The topological polar surface area (TPSA) is 70.7 Å². The van der Waals surface area contributed by atoms with Gasteiger partial charge in [-0.1, -0.05) is 31.0 Å². The lowest BCUT2D eigenvalue weighted by atomic mass is 10.1. The third-order valence-electron chi connectivity index (χ3n) is 5.04. The van der Waals surface area contributed by atoms with Crippen molar-refractivity contribution in [2.45, 2.75) is 25.7 Å². The summed E-state index contributed by atoms with van der Waals surface area (Å²) in [7, 11) is 1.60. The zero-order valence-corrected chi connectivity index (χ0v) is 18.4. The molecule has 31 heavy (non-hydrogen) atoms. The molecule has 6 nitrogen and oxygen atoms in total. The molecule has 0 atom stereocenters. The highest BCUT2D eigenvalue weighted by Crippen LogP contribution is 2.16. The molecule has 1 aliphatic rings. The van der Waals surface area contributed by atoms with Gasteiger partial charge in [0.15, 0.2) is 5.11 Å². The highest BCUT2D eigenvalue weighted by molar-refractivity contribution is 7.80. The van der Waals surface area contributed by atoms with Crippen molar-refractivity contribution < 1.29 is 14.3 Å². The second kappa shape index (κ2) is 11.3. The Balaban J connectivity index is 1.54. The van der Waals surface area contributed by atoms with E-state index in [2.05, 4.69) is 10.6 Å². The van der Waals surface area contributed by atoms with E-state index >= 15 is 0 Å². The number of ether oxygens (including phenoxy) is 1. The smallest absolute Gasteiger partial charge is 0.253 e. The number of hydrogen-bond donors (Lipinski definition) is 2. The Morgan fingerprint density at radius 2 is 1.74 bits per heavy atom. The van der Waals surface area contributed by atoms with Gasteiger partial charge in [0.2, 0.25) is 5.91 Å². The standard InChI is InChI=1S/C24H27N3O3S/c1-30-21-12-9-18(10-13-21)11-14-22(28)26-24(31)25-20-8-6-7-19(17-20)23(29)27-15-4-2-3-5-16-27/h6-14,17H,2-5,15-16H2,1H3,(H2,25,26,28,31)/b14-11+. The Morgan fingerprint density at radius 3 is 2.42 bits per heavy atom. The maximum Gasteiger partial charge on any atom is 0.253 e. The first kappa shape index (κ1) is 22.5. The maximum atomic E-state index is 12.8. The Bertz CT molecular complexity index is 949. The van der Waals surface area contributed by atoms with E-state index in [1.54, 1.807) is 31.4 Å². The van der Waals surface area contributed by atoms with Crippen LogP contribution in [0, 0.1) is 0 Å². The van der Waals surface area contributed by atoms with Crippen molar-refractivity contribution in [3.63, 3.8) is 0 Å². The molecule has 0 radical (unpaired) electrons. The Kier molecular flexibility index (Phi) is 8.18. The minimum absolute atomic E-state index is 0.0305. The van der Waals surface area contributed by atoms with Gasteiger partial charge in [0.25, 0.3) is 5.91 Å². The Labute approximate surface area is 188 Å². The van der Waals surface area contributed by atoms with Gasteiger partial charge in [-0.05, 0) is 67.0 Å². The highest BCUT2D eigenvalue weighted by atomic mass is 32.1. The molecule has 1 saturated heterocycles. The zero-order chi connectivity index (χ0) is 22.1. The van der Waals surface area contributed by atoms with Crippen LogP contribution < -0.4 is 15.4 Å². The van der Waals surface area contributed by atoms with Crippen LogP contribution in [0.25, 0.3) is 6.08 Å². The van der Waals surface area contributed by atoms with Gasteiger partial charge in [-0.3, -0.25) is 14.9 Å². The summed E-state index contributed by atoms with van der Waals surface area (Å²) in [6, 6.07) is 14.5. The van der Waals surface area contributed by atoms with Crippen LogP contribution in [0.2, 0.25) is 0 Å². The van der Waals surface area contributed by atoms with Crippen LogP contribution in [0.15, 0.2) is 54.6 Å². The molecule has 0 saturated carbocycles. The van der Waals surface area contributed by atoms with Crippen LogP contribution in [-0.2, 0) is 4.79 Å². The molecular weight excluding hydrogens is 410 g/mol. The third kappa shape index (κ3) is 6.93. The number of rotatable bonds is 5. The number of nitrogens with zero attached hydrogens (tertiary/aromatic N) is 1. The summed E-state index contributed by atoms with van der Waals surface area (Å²) in [5, 5.41) is 5.76. The molecular formula is C24H27N3O3S. The molecule has 3 rings (SSSR count). The Hall–Kier alpha value is -3.19. The van der Waals surface area contributed by atoms with Gasteiger partial charge < -0.3 is 15.0 Å². The number of thiocarbonyl (C=S) groups is 1. The second-order valence-electron chi connectivity index (χ2n) is 7.34. The lowest BCUT2D eigenvalue weighted by Crippen LogP contribution is -2.33. The molecule has 7 heteroatoms. The molecule has 0 bridgehead atoms. The van der Waals surface area contributed by atoms with Gasteiger partial charge in [0.05, 0.1) is 7.11 Å². The number of methoxy groups -OCH3 is 1. The van der Waals surface area contributed by atoms with Crippen molar-refractivity contribution in [3.05, 3.63) is 65.7 Å². The monoisotopic (exact) mass is 437 g/mol. The fourth-order valence-electron chi connectivity index (χ4n) is 3.39. The number of anilines is 1. The van der Waals surface area contributed by atoms with Crippen molar-refractivity contribution in [3.8, 4) is 5.75 Å². The number of amides is 2. The van der Waals surface area contributed by atoms with Crippen LogP contribution in [0.3, 0.4) is 0 Å². The van der Waals surface area contributed by atoms with E-state index in [4.69, 9.17) is 17.0 Å². The molecule has 0 aromatic heterocycles. The largest absolute Gasteiger partial charge is 0.497 e. The molecule has 0 spiro atoms. The van der Waals surface area contributed by atoms with E-state index in [0.29, 0.717) is 11.3 Å². The molecule has 1 aliphatic heterocycles. The molecule has 1 heterocycles. The van der Waals surface area contributed by atoms with Gasteiger partial charge in [-0.25, -0.2) is 0 Å². The quantitative estimate of drug-likeness (QED) is 0.541. The maximum absolute atomic E-state index is 12.8. The molecule has 162 valence electrons. The average molecular weight is 438 g/mol. The number of hydrogen-bond acceptors (Lipinski definition) is 4. The minimum Gasteiger partial charge on any atom is -0.497 e. The van der Waals surface area contributed by atoms with E-state index < -0.39 is 0 Å². The predicted octanol–water partition coefficient (Wildman–Crippen LogP) is 4.24. The summed E-state index contributed by atoms with van der Waals surface area (Å²) < 4.78 is 5.11. The summed E-state index contributed by atoms with van der Waals surface area (Å²) in [5.74, 6) is 0.441. The van der Waals surface area contributed by atoms with Crippen molar-refractivity contribution in [1.29, 1.82) is 0 Å². The van der Waals surface area contributed by atoms with Crippen molar-refractivity contribution >= 4 is 40.9 Å². The van der Waals surface area contributed by atoms with Gasteiger partial charge in [0, 0.05) is 30.4 Å². The van der Waals surface area contributed by atoms with E-state index in [1.165, 1.54) is 18.9 Å². The van der Waals surface area contributed by atoms with Crippen LogP contribution >= 0.6 is 12.2 Å². The normalized spacial score (nSPS) is 14.0. The van der Waals surface area contributed by atoms with Crippen molar-refractivity contribution in [2.24, 2.45) is 0 Å². The fourth-order valence-corrected chi connectivity index (χ4v) is 3.61. The molecule has 1 fully saturated rings. The van der Waals surface area contributed by atoms with E-state index in [9.17, 15) is 9.59 Å². The predicted molar refractivity (Wildman–Crippen MR) is 127 cm³/mol. The summed E-state index contributed by atoms with van der Waals surface area (Å²) in [6.45, 7) is 1.59. The van der Waals surface area contributed by atoms with Crippen LogP contribution in [0.4, 0.5) is 5.69 Å². The fraction of sp³-hybridized carbons (Fsp3) is 0.292. The molecule has 0 unspecified atom stereocenters. The van der Waals surface area contributed by atoms with Crippen molar-refractivity contribution in [2.75, 3.05) is 25.5 Å². The van der Waals surface area contributed by atoms with E-state index in [-0.39, 0.29) is 16.9 Å². The number of likely N-dealkylation sites (tertiary alicyclic amines) is 1.